The van der Waals surface area contributed by atoms with Gasteiger partial charge in [-0.1, -0.05) is 36.1 Å². The Labute approximate surface area is 211 Å². The number of hydrogen-bond acceptors (Lipinski definition) is 8. The summed E-state index contributed by atoms with van der Waals surface area (Å²) in [6.07, 6.45) is -0.950. The standard InChI is InChI=1S/2C10H13NO3.C6H6O2/c2*1-3-14-10(12)11-8-6-4-5-7-9(8)13-2;7-5-3-1-2-4-6-8/h2*4-7H,3H2,1-2H3,(H,11,12);7-8H,5-6H2. The molecule has 0 saturated heterocycles. The van der Waals surface area contributed by atoms with E-state index in [1.165, 1.54) is 0 Å². The summed E-state index contributed by atoms with van der Waals surface area (Å²) in [5.74, 6) is 10.5. The smallest absolute Gasteiger partial charge is 0.411 e. The van der Waals surface area contributed by atoms with Crippen LogP contribution in [0, 0.1) is 23.7 Å². The summed E-state index contributed by atoms with van der Waals surface area (Å²) in [6.45, 7) is 3.84. The van der Waals surface area contributed by atoms with Gasteiger partial charge in [-0.2, -0.15) is 0 Å². The molecule has 0 bridgehead atoms. The quantitative estimate of drug-likeness (QED) is 0.443. The molecule has 0 radical (unpaired) electrons. The second kappa shape index (κ2) is 21.2. The molecule has 0 aliphatic carbocycles. The molecule has 194 valence electrons. The monoisotopic (exact) mass is 500 g/mol. The number of benzene rings is 2. The Hall–Kier alpha value is -4.38. The second-order valence-electron chi connectivity index (χ2n) is 6.01. The van der Waals surface area contributed by atoms with Gasteiger partial charge in [-0.25, -0.2) is 9.59 Å². The van der Waals surface area contributed by atoms with Gasteiger partial charge in [0.2, 0.25) is 0 Å². The van der Waals surface area contributed by atoms with Crippen molar-refractivity contribution < 1.29 is 38.7 Å². The summed E-state index contributed by atoms with van der Waals surface area (Å²) < 4.78 is 19.6. The molecule has 0 fully saturated rings. The molecule has 2 aromatic carbocycles. The number of methoxy groups -OCH3 is 2. The number of carbonyl (C=O) groups excluding carboxylic acids is 2. The highest BCUT2D eigenvalue weighted by Gasteiger charge is 2.06. The summed E-state index contributed by atoms with van der Waals surface area (Å²) in [4.78, 5) is 22.2. The maximum absolute atomic E-state index is 11.1. The van der Waals surface area contributed by atoms with Crippen LogP contribution < -0.4 is 20.1 Å². The number of carbonyl (C=O) groups is 2. The van der Waals surface area contributed by atoms with Crippen LogP contribution in [0.1, 0.15) is 13.8 Å². The summed E-state index contributed by atoms with van der Waals surface area (Å²) in [7, 11) is 3.09. The van der Waals surface area contributed by atoms with Gasteiger partial charge in [-0.05, 0) is 50.0 Å². The van der Waals surface area contributed by atoms with Gasteiger partial charge in [0.25, 0.3) is 0 Å². The van der Waals surface area contributed by atoms with Crippen LogP contribution in [-0.4, -0.2) is 63.0 Å². The van der Waals surface area contributed by atoms with E-state index in [0.29, 0.717) is 36.1 Å². The lowest BCUT2D eigenvalue weighted by atomic mass is 10.3. The van der Waals surface area contributed by atoms with E-state index < -0.39 is 12.2 Å². The predicted octanol–water partition coefficient (Wildman–Crippen LogP) is 3.51. The van der Waals surface area contributed by atoms with Crippen LogP contribution in [0.25, 0.3) is 0 Å². The van der Waals surface area contributed by atoms with E-state index in [-0.39, 0.29) is 13.2 Å². The van der Waals surface area contributed by atoms with E-state index in [0.717, 1.165) is 0 Å². The molecule has 0 spiro atoms. The molecule has 0 aliphatic rings. The molecule has 2 amide bonds. The van der Waals surface area contributed by atoms with Crippen molar-refractivity contribution in [2.24, 2.45) is 0 Å². The fraction of sp³-hybridized carbons (Fsp3) is 0.308. The van der Waals surface area contributed by atoms with Gasteiger partial charge < -0.3 is 29.2 Å². The van der Waals surface area contributed by atoms with Gasteiger partial charge >= 0.3 is 12.2 Å². The molecule has 0 saturated carbocycles. The average molecular weight is 501 g/mol. The number of hydrogen-bond donors (Lipinski definition) is 4. The molecule has 0 unspecified atom stereocenters. The Balaban J connectivity index is 0.000000533. The summed E-state index contributed by atoms with van der Waals surface area (Å²) in [5.41, 5.74) is 1.21. The number of anilines is 2. The largest absolute Gasteiger partial charge is 0.495 e. The first-order chi connectivity index (χ1) is 17.5. The van der Waals surface area contributed by atoms with E-state index in [1.807, 2.05) is 24.3 Å². The van der Waals surface area contributed by atoms with Crippen molar-refractivity contribution in [1.29, 1.82) is 0 Å². The van der Waals surface area contributed by atoms with Crippen LogP contribution in [-0.2, 0) is 9.47 Å². The van der Waals surface area contributed by atoms with Gasteiger partial charge in [0.1, 0.15) is 24.7 Å². The first kappa shape index (κ1) is 31.6. The Bertz CT molecular complexity index is 952. The van der Waals surface area contributed by atoms with E-state index >= 15 is 0 Å². The maximum atomic E-state index is 11.1. The van der Waals surface area contributed by atoms with E-state index in [9.17, 15) is 9.59 Å². The predicted molar refractivity (Wildman–Crippen MR) is 137 cm³/mol. The fourth-order valence-electron chi connectivity index (χ4n) is 2.22. The molecule has 2 aromatic rings. The van der Waals surface area contributed by atoms with Gasteiger partial charge in [-0.15, -0.1) is 0 Å². The fourth-order valence-corrected chi connectivity index (χ4v) is 2.22. The van der Waals surface area contributed by atoms with Crippen LogP contribution in [0.15, 0.2) is 48.5 Å². The van der Waals surface area contributed by atoms with E-state index in [1.54, 1.807) is 52.3 Å². The lowest BCUT2D eigenvalue weighted by Crippen LogP contribution is -2.13. The molecule has 4 N–H and O–H groups in total. The zero-order valence-corrected chi connectivity index (χ0v) is 20.8. The number of para-hydroxylation sites is 4. The number of aliphatic hydroxyl groups is 2. The first-order valence-corrected chi connectivity index (χ1v) is 10.8. The normalized spacial score (nSPS) is 8.50. The summed E-state index contributed by atoms with van der Waals surface area (Å²) in [5, 5.41) is 21.3. The molecule has 10 heteroatoms. The maximum Gasteiger partial charge on any atom is 0.411 e. The van der Waals surface area contributed by atoms with E-state index in [2.05, 4.69) is 34.3 Å². The second-order valence-corrected chi connectivity index (χ2v) is 6.01. The minimum atomic E-state index is -0.475. The Kier molecular flexibility index (Phi) is 18.6. The van der Waals surface area contributed by atoms with Crippen molar-refractivity contribution in [2.45, 2.75) is 13.8 Å². The van der Waals surface area contributed by atoms with Crippen LogP contribution in [0.4, 0.5) is 21.0 Å². The van der Waals surface area contributed by atoms with Gasteiger partial charge in [0.15, 0.2) is 0 Å². The highest BCUT2D eigenvalue weighted by molar-refractivity contribution is 5.87. The van der Waals surface area contributed by atoms with Crippen LogP contribution >= 0.6 is 0 Å². The zero-order chi connectivity index (χ0) is 27.0. The van der Waals surface area contributed by atoms with Crippen LogP contribution in [0.5, 0.6) is 11.5 Å². The molecule has 0 aromatic heterocycles. The zero-order valence-electron chi connectivity index (χ0n) is 20.8. The highest BCUT2D eigenvalue weighted by Crippen LogP contribution is 2.23. The van der Waals surface area contributed by atoms with Crippen LogP contribution in [0.3, 0.4) is 0 Å². The molecule has 36 heavy (non-hydrogen) atoms. The summed E-state index contributed by atoms with van der Waals surface area (Å²) >= 11 is 0. The number of rotatable bonds is 6. The molecule has 0 atom stereocenters. The highest BCUT2D eigenvalue weighted by atomic mass is 16.6. The third-order valence-electron chi connectivity index (χ3n) is 3.64. The van der Waals surface area contributed by atoms with Gasteiger partial charge in [0, 0.05) is 0 Å². The third-order valence-corrected chi connectivity index (χ3v) is 3.64. The lowest BCUT2D eigenvalue weighted by Gasteiger charge is -2.08. The molecular weight excluding hydrogens is 468 g/mol. The van der Waals surface area contributed by atoms with Crippen molar-refractivity contribution in [3.63, 3.8) is 0 Å². The first-order valence-electron chi connectivity index (χ1n) is 10.8. The van der Waals surface area contributed by atoms with Crippen molar-refractivity contribution in [1.82, 2.24) is 0 Å². The topological polar surface area (TPSA) is 136 Å². The lowest BCUT2D eigenvalue weighted by molar-refractivity contribution is 0.167. The SMILES string of the molecule is CCOC(=O)Nc1ccccc1OC.CCOC(=O)Nc1ccccc1OC.OCC#CC#CCO. The number of amides is 2. The number of ether oxygens (including phenoxy) is 4. The molecule has 2 rings (SSSR count). The Morgan fingerprint density at radius 1 is 0.722 bits per heavy atom. The van der Waals surface area contributed by atoms with Crippen LogP contribution in [0.2, 0.25) is 0 Å². The van der Waals surface area contributed by atoms with Gasteiger partial charge in [-0.3, -0.25) is 10.6 Å². The minimum Gasteiger partial charge on any atom is -0.495 e. The number of aliphatic hydroxyl groups excluding tert-OH is 2. The Morgan fingerprint density at radius 2 is 1.08 bits per heavy atom. The van der Waals surface area contributed by atoms with Crippen molar-refractivity contribution >= 4 is 23.6 Å². The van der Waals surface area contributed by atoms with E-state index in [4.69, 9.17) is 29.2 Å². The Morgan fingerprint density at radius 3 is 1.39 bits per heavy atom. The summed E-state index contributed by atoms with van der Waals surface area (Å²) in [6, 6.07) is 14.3. The number of nitrogens with one attached hydrogen (secondary N) is 2. The third kappa shape index (κ3) is 14.7. The van der Waals surface area contributed by atoms with Crippen molar-refractivity contribution in [3.8, 4) is 35.2 Å². The minimum absolute atomic E-state index is 0.180. The molecule has 10 nitrogen and oxygen atoms in total. The molecule has 0 heterocycles. The van der Waals surface area contributed by atoms with Gasteiger partial charge in [0.05, 0.1) is 38.8 Å². The average Bonchev–Trinajstić information content (AvgIpc) is 2.88. The molecular formula is C26H32N2O8. The molecule has 0 aliphatic heterocycles. The van der Waals surface area contributed by atoms with Crippen molar-refractivity contribution in [3.05, 3.63) is 48.5 Å². The van der Waals surface area contributed by atoms with Crippen molar-refractivity contribution in [2.75, 3.05) is 51.3 Å².